The molecule has 0 bridgehead atoms. The van der Waals surface area contributed by atoms with E-state index >= 15 is 4.39 Å². The fourth-order valence-electron chi connectivity index (χ4n) is 7.53. The van der Waals surface area contributed by atoms with Crippen LogP contribution in [0.1, 0.15) is 32.1 Å². The van der Waals surface area contributed by atoms with Crippen LogP contribution in [0.2, 0.25) is 5.02 Å². The van der Waals surface area contributed by atoms with Gasteiger partial charge in [-0.2, -0.15) is 10.2 Å². The Labute approximate surface area is 259 Å². The predicted molar refractivity (Wildman–Crippen MR) is 170 cm³/mol. The maximum atomic E-state index is 16.7. The lowest BCUT2D eigenvalue weighted by Crippen LogP contribution is -2.55. The molecule has 226 valence electrons. The summed E-state index contributed by atoms with van der Waals surface area (Å²) < 4.78 is 16.7. The molecule has 1 atom stereocenters. The normalized spacial score (nSPS) is 19.8. The Kier molecular flexibility index (Phi) is 7.39. The van der Waals surface area contributed by atoms with Crippen LogP contribution in [0.4, 0.5) is 21.0 Å². The number of hydrogen-bond donors (Lipinski definition) is 2. The molecule has 3 aliphatic heterocycles. The smallest absolute Gasteiger partial charge is 0.407 e. The van der Waals surface area contributed by atoms with Gasteiger partial charge in [0.15, 0.2) is 5.82 Å². The monoisotopic (exact) mass is 613 g/mol. The first-order valence-corrected chi connectivity index (χ1v) is 15.5. The zero-order chi connectivity index (χ0) is 30.4. The molecule has 3 fully saturated rings. The molecule has 2 N–H and O–H groups in total. The number of carboxylic acid groups (broad SMARTS) is 1. The van der Waals surface area contributed by atoms with E-state index in [4.69, 9.17) is 21.6 Å². The van der Waals surface area contributed by atoms with E-state index < -0.39 is 18.0 Å². The third-order valence-corrected chi connectivity index (χ3v) is 9.99. The molecule has 0 radical (unpaired) electrons. The van der Waals surface area contributed by atoms with Gasteiger partial charge in [-0.25, -0.2) is 14.2 Å². The molecule has 4 aromatic rings. The second-order valence-electron chi connectivity index (χ2n) is 12.0. The van der Waals surface area contributed by atoms with Crippen molar-refractivity contribution >= 4 is 51.1 Å². The first kappa shape index (κ1) is 28.6. The number of nitrogens with zero attached hydrogens (tertiary/aromatic N) is 6. The fourth-order valence-corrected chi connectivity index (χ4v) is 7.81. The van der Waals surface area contributed by atoms with Crippen molar-refractivity contribution < 1.29 is 14.3 Å². The van der Waals surface area contributed by atoms with E-state index in [1.54, 1.807) is 12.1 Å². The van der Waals surface area contributed by atoms with Crippen LogP contribution in [0.15, 0.2) is 48.5 Å². The van der Waals surface area contributed by atoms with Gasteiger partial charge in [-0.3, -0.25) is 4.90 Å². The summed E-state index contributed by atoms with van der Waals surface area (Å²) in [5, 5.41) is 25.4. The lowest BCUT2D eigenvalue weighted by atomic mass is 9.94. The summed E-state index contributed by atoms with van der Waals surface area (Å²) in [5.74, 6) is 0.394. The highest BCUT2D eigenvalue weighted by Gasteiger charge is 2.44. The molecule has 4 heterocycles. The molecule has 7 rings (SSSR count). The summed E-state index contributed by atoms with van der Waals surface area (Å²) in [6.45, 7) is 3.69. The summed E-state index contributed by atoms with van der Waals surface area (Å²) in [6, 6.07) is 16.5. The van der Waals surface area contributed by atoms with Gasteiger partial charge >= 0.3 is 6.09 Å². The van der Waals surface area contributed by atoms with E-state index in [2.05, 4.69) is 16.3 Å². The van der Waals surface area contributed by atoms with E-state index in [-0.39, 0.29) is 30.6 Å². The average Bonchev–Trinajstić information content (AvgIpc) is 3.61. The molecule has 11 heteroatoms. The maximum Gasteiger partial charge on any atom is 0.407 e. The highest BCUT2D eigenvalue weighted by atomic mass is 35.5. The zero-order valence-electron chi connectivity index (χ0n) is 24.3. The van der Waals surface area contributed by atoms with Gasteiger partial charge in [0.2, 0.25) is 5.95 Å². The number of hydrogen-bond acceptors (Lipinski definition) is 7. The van der Waals surface area contributed by atoms with Gasteiger partial charge < -0.3 is 20.2 Å². The molecule has 0 aliphatic carbocycles. The number of benzene rings is 3. The van der Waals surface area contributed by atoms with Crippen molar-refractivity contribution in [3.63, 3.8) is 0 Å². The van der Waals surface area contributed by atoms with E-state index in [9.17, 15) is 15.2 Å². The summed E-state index contributed by atoms with van der Waals surface area (Å²) >= 11 is 6.62. The van der Waals surface area contributed by atoms with Gasteiger partial charge in [-0.1, -0.05) is 48.0 Å². The Bertz CT molecular complexity index is 1800. The minimum Gasteiger partial charge on any atom is -0.465 e. The molecule has 44 heavy (non-hydrogen) atoms. The van der Waals surface area contributed by atoms with Crippen LogP contribution < -0.4 is 10.2 Å². The van der Waals surface area contributed by atoms with Crippen molar-refractivity contribution in [2.24, 2.45) is 0 Å². The number of amides is 1. The minimum atomic E-state index is -1.05. The van der Waals surface area contributed by atoms with Crippen LogP contribution in [0.5, 0.6) is 0 Å². The lowest BCUT2D eigenvalue weighted by molar-refractivity contribution is 0.119. The first-order valence-electron chi connectivity index (χ1n) is 15.2. The molecule has 9 nitrogen and oxygen atoms in total. The average molecular weight is 614 g/mol. The number of halogens is 2. The Morgan fingerprint density at radius 1 is 1.07 bits per heavy atom. The van der Waals surface area contributed by atoms with Crippen LogP contribution in [0.3, 0.4) is 0 Å². The second kappa shape index (κ2) is 11.4. The number of nitrogens with one attached hydrogen (secondary N) is 1. The Balaban J connectivity index is 1.34. The molecule has 0 saturated carbocycles. The molecule has 0 spiro atoms. The van der Waals surface area contributed by atoms with Crippen molar-refractivity contribution in [1.82, 2.24) is 19.8 Å². The van der Waals surface area contributed by atoms with Gasteiger partial charge in [-0.05, 0) is 61.9 Å². The van der Waals surface area contributed by atoms with Crippen molar-refractivity contribution in [3.05, 3.63) is 59.4 Å². The first-order chi connectivity index (χ1) is 21.4. The molecular formula is C33H33ClFN7O2. The molecule has 3 aromatic carbocycles. The van der Waals surface area contributed by atoms with E-state index in [1.807, 2.05) is 41.3 Å². The van der Waals surface area contributed by atoms with Crippen molar-refractivity contribution in [2.45, 2.75) is 43.7 Å². The van der Waals surface area contributed by atoms with Crippen molar-refractivity contribution in [1.29, 1.82) is 5.26 Å². The number of piperazine rings is 1. The quantitative estimate of drug-likeness (QED) is 0.258. The summed E-state index contributed by atoms with van der Waals surface area (Å²) in [6.07, 6.45) is 3.52. The van der Waals surface area contributed by atoms with Gasteiger partial charge in [-0.15, -0.1) is 0 Å². The third kappa shape index (κ3) is 4.84. The van der Waals surface area contributed by atoms with Crippen molar-refractivity contribution in [2.75, 3.05) is 49.5 Å². The fraction of sp³-hybridized carbons (Fsp3) is 0.394. The SMILES string of the molecule is N#CC[C@H]1CN(c2nc(NCC34CCCN3CCC4)nc3c(F)c(-c4cccc5cccc(Cl)c45)ccc23)CCN1C(=O)O. The van der Waals surface area contributed by atoms with Crippen LogP contribution >= 0.6 is 11.6 Å². The maximum absolute atomic E-state index is 16.7. The number of nitriles is 1. The van der Waals surface area contributed by atoms with E-state index in [1.165, 1.54) is 4.90 Å². The summed E-state index contributed by atoms with van der Waals surface area (Å²) in [7, 11) is 0. The highest BCUT2D eigenvalue weighted by molar-refractivity contribution is 6.36. The molecule has 1 aromatic heterocycles. The van der Waals surface area contributed by atoms with E-state index in [0.717, 1.165) is 49.5 Å². The van der Waals surface area contributed by atoms with Crippen molar-refractivity contribution in [3.8, 4) is 17.2 Å². The van der Waals surface area contributed by atoms with Gasteiger partial charge in [0.1, 0.15) is 11.3 Å². The Morgan fingerprint density at radius 3 is 2.59 bits per heavy atom. The Morgan fingerprint density at radius 2 is 1.84 bits per heavy atom. The summed E-state index contributed by atoms with van der Waals surface area (Å²) in [4.78, 5) is 27.4. The number of fused-ring (bicyclic) bond motifs is 3. The number of aromatic nitrogens is 2. The minimum absolute atomic E-state index is 0.0512. The van der Waals surface area contributed by atoms with E-state index in [0.29, 0.717) is 46.4 Å². The van der Waals surface area contributed by atoms with Gasteiger partial charge in [0.05, 0.1) is 18.5 Å². The second-order valence-corrected chi connectivity index (χ2v) is 12.5. The van der Waals surface area contributed by atoms with Crippen LogP contribution in [-0.4, -0.2) is 81.8 Å². The van der Waals surface area contributed by atoms with Crippen LogP contribution in [0, 0.1) is 17.1 Å². The topological polar surface area (TPSA) is 109 Å². The molecular weight excluding hydrogens is 581 g/mol. The standard InChI is InChI=1S/C33H33ClFN7O2/c34-26-8-2-6-21-5-1-7-23(27(21)26)24-9-10-25-29(28(24)35)38-31(37-20-33-12-3-15-41(33)16-4-13-33)39-30(25)40-17-18-42(32(43)44)22(19-40)11-14-36/h1-2,5-10,22H,3-4,11-13,15-20H2,(H,43,44)(H,37,38,39)/t22-/m0/s1. The lowest BCUT2D eigenvalue weighted by Gasteiger charge is -2.40. The molecule has 3 saturated heterocycles. The number of anilines is 2. The number of rotatable bonds is 6. The molecule has 3 aliphatic rings. The van der Waals surface area contributed by atoms with Gasteiger partial charge in [0, 0.05) is 53.1 Å². The number of carbonyl (C=O) groups is 1. The zero-order valence-corrected chi connectivity index (χ0v) is 25.0. The van der Waals surface area contributed by atoms with Crippen LogP contribution in [-0.2, 0) is 0 Å². The predicted octanol–water partition coefficient (Wildman–Crippen LogP) is 6.37. The molecule has 1 amide bonds. The molecule has 0 unspecified atom stereocenters. The van der Waals surface area contributed by atoms with Gasteiger partial charge in [0.25, 0.3) is 0 Å². The largest absolute Gasteiger partial charge is 0.465 e. The third-order valence-electron chi connectivity index (χ3n) is 9.67. The van der Waals surface area contributed by atoms with Crippen LogP contribution in [0.25, 0.3) is 32.8 Å². The Hall–Kier alpha value is -4.20. The highest BCUT2D eigenvalue weighted by Crippen LogP contribution is 2.41. The summed E-state index contributed by atoms with van der Waals surface area (Å²) in [5.41, 5.74) is 1.31.